The number of methoxy groups -OCH3 is 1. The van der Waals surface area contributed by atoms with Gasteiger partial charge in [-0.15, -0.1) is 0 Å². The van der Waals surface area contributed by atoms with Crippen molar-refractivity contribution >= 4 is 52.1 Å². The molecule has 1 N–H and O–H groups in total. The molecular formula is C24H20Cl3N3O2. The van der Waals surface area contributed by atoms with E-state index in [2.05, 4.69) is 5.32 Å². The van der Waals surface area contributed by atoms with Crippen molar-refractivity contribution in [2.45, 2.75) is 12.5 Å². The second kappa shape index (κ2) is 9.82. The van der Waals surface area contributed by atoms with Crippen LogP contribution in [0.5, 0.6) is 5.75 Å². The summed E-state index contributed by atoms with van der Waals surface area (Å²) in [6.45, 7) is 0.315. The summed E-state index contributed by atoms with van der Waals surface area (Å²) in [6.07, 6.45) is 0.631. The van der Waals surface area contributed by atoms with Gasteiger partial charge in [0.1, 0.15) is 5.75 Å². The van der Waals surface area contributed by atoms with Crippen LogP contribution in [0.15, 0.2) is 71.8 Å². The highest BCUT2D eigenvalue weighted by molar-refractivity contribution is 6.36. The van der Waals surface area contributed by atoms with Crippen molar-refractivity contribution in [3.63, 3.8) is 0 Å². The van der Waals surface area contributed by atoms with E-state index in [1.807, 2.05) is 35.3 Å². The third-order valence-electron chi connectivity index (χ3n) is 5.19. The summed E-state index contributed by atoms with van der Waals surface area (Å²) in [6, 6.07) is 19.8. The molecule has 1 atom stereocenters. The summed E-state index contributed by atoms with van der Waals surface area (Å²) in [5.41, 5.74) is 3.17. The molecule has 0 aliphatic carbocycles. The number of rotatable bonds is 6. The Morgan fingerprint density at radius 3 is 2.38 bits per heavy atom. The number of anilines is 1. The van der Waals surface area contributed by atoms with Gasteiger partial charge in [-0.2, -0.15) is 5.10 Å². The number of benzene rings is 3. The van der Waals surface area contributed by atoms with Crippen LogP contribution in [0.25, 0.3) is 0 Å². The summed E-state index contributed by atoms with van der Waals surface area (Å²) in [7, 11) is 1.63. The summed E-state index contributed by atoms with van der Waals surface area (Å²) in [5.74, 6) is 0.590. The third kappa shape index (κ3) is 5.01. The molecule has 8 heteroatoms. The van der Waals surface area contributed by atoms with Gasteiger partial charge in [0.25, 0.3) is 5.91 Å². The lowest BCUT2D eigenvalue weighted by molar-refractivity contribution is 0.0959. The van der Waals surface area contributed by atoms with E-state index in [0.717, 1.165) is 22.7 Å². The van der Waals surface area contributed by atoms with Crippen molar-refractivity contribution in [3.05, 3.63) is 92.9 Å². The molecule has 1 heterocycles. The maximum Gasteiger partial charge on any atom is 0.251 e. The number of hydrogen-bond donors (Lipinski definition) is 1. The van der Waals surface area contributed by atoms with Gasteiger partial charge in [0.2, 0.25) is 0 Å². The zero-order chi connectivity index (χ0) is 22.7. The average Bonchev–Trinajstić information content (AvgIpc) is 3.22. The van der Waals surface area contributed by atoms with E-state index >= 15 is 0 Å². The number of nitrogens with one attached hydrogen (secondary N) is 1. The van der Waals surface area contributed by atoms with Crippen LogP contribution < -0.4 is 15.1 Å². The average molecular weight is 489 g/mol. The number of halogens is 3. The Morgan fingerprint density at radius 1 is 1.03 bits per heavy atom. The van der Waals surface area contributed by atoms with Gasteiger partial charge >= 0.3 is 0 Å². The Hall–Kier alpha value is -2.73. The molecule has 1 aliphatic rings. The number of hydrazone groups is 1. The van der Waals surface area contributed by atoms with Crippen LogP contribution in [-0.4, -0.2) is 25.3 Å². The Morgan fingerprint density at radius 2 is 1.72 bits per heavy atom. The van der Waals surface area contributed by atoms with Gasteiger partial charge in [-0.3, -0.25) is 9.80 Å². The minimum Gasteiger partial charge on any atom is -0.497 e. The second-order valence-corrected chi connectivity index (χ2v) is 8.57. The molecule has 1 aliphatic heterocycles. The lowest BCUT2D eigenvalue weighted by Gasteiger charge is -2.25. The normalized spacial score (nSPS) is 15.4. The molecule has 0 aromatic heterocycles. The summed E-state index contributed by atoms with van der Waals surface area (Å²) in [4.78, 5) is 12.5. The van der Waals surface area contributed by atoms with Crippen LogP contribution in [0, 0.1) is 0 Å². The smallest absolute Gasteiger partial charge is 0.251 e. The molecule has 3 aromatic carbocycles. The Bertz CT molecular complexity index is 1150. The van der Waals surface area contributed by atoms with Gasteiger partial charge < -0.3 is 10.1 Å². The van der Waals surface area contributed by atoms with E-state index in [4.69, 9.17) is 44.6 Å². The molecule has 3 aromatic rings. The highest BCUT2D eigenvalue weighted by atomic mass is 35.5. The van der Waals surface area contributed by atoms with Crippen LogP contribution in [-0.2, 0) is 0 Å². The van der Waals surface area contributed by atoms with Gasteiger partial charge in [0.15, 0.2) is 0 Å². The molecular weight excluding hydrogens is 469 g/mol. The predicted molar refractivity (Wildman–Crippen MR) is 131 cm³/mol. The maximum absolute atomic E-state index is 12.5. The minimum absolute atomic E-state index is 0.0815. The largest absolute Gasteiger partial charge is 0.497 e. The molecule has 32 heavy (non-hydrogen) atoms. The Kier molecular flexibility index (Phi) is 6.89. The minimum atomic E-state index is -0.187. The monoisotopic (exact) mass is 487 g/mol. The number of carbonyl (C=O) groups excluding carboxylic acids is 1. The fourth-order valence-electron chi connectivity index (χ4n) is 3.54. The van der Waals surface area contributed by atoms with Crippen LogP contribution in [0.4, 0.5) is 5.69 Å². The van der Waals surface area contributed by atoms with Crippen LogP contribution >= 0.6 is 34.8 Å². The van der Waals surface area contributed by atoms with Gasteiger partial charge in [-0.05, 0) is 60.2 Å². The molecule has 0 bridgehead atoms. The Balaban J connectivity index is 1.57. The molecule has 0 fully saturated rings. The first-order valence-electron chi connectivity index (χ1n) is 9.93. The number of hydrogen-bond acceptors (Lipinski definition) is 4. The van der Waals surface area contributed by atoms with Crippen molar-refractivity contribution < 1.29 is 9.53 Å². The van der Waals surface area contributed by atoms with Gasteiger partial charge in [0, 0.05) is 22.0 Å². The highest BCUT2D eigenvalue weighted by Crippen LogP contribution is 2.39. The zero-order valence-electron chi connectivity index (χ0n) is 17.2. The van der Waals surface area contributed by atoms with Crippen LogP contribution in [0.3, 0.4) is 0 Å². The fraction of sp³-hybridized carbons (Fsp3) is 0.167. The van der Waals surface area contributed by atoms with E-state index < -0.39 is 0 Å². The first kappa shape index (κ1) is 22.5. The molecule has 0 spiro atoms. The fourth-order valence-corrected chi connectivity index (χ4v) is 4.16. The van der Waals surface area contributed by atoms with Crippen molar-refractivity contribution in [2.24, 2.45) is 5.10 Å². The van der Waals surface area contributed by atoms with Gasteiger partial charge in [0.05, 0.1) is 36.1 Å². The van der Waals surface area contributed by atoms with Crippen molar-refractivity contribution in [2.75, 3.05) is 18.7 Å². The summed E-state index contributed by atoms with van der Waals surface area (Å²) in [5, 5.41) is 11.2. The third-order valence-corrected chi connectivity index (χ3v) is 5.98. The lowest BCUT2D eigenvalue weighted by atomic mass is 10.0. The Labute approximate surface area is 201 Å². The van der Waals surface area contributed by atoms with E-state index in [1.54, 1.807) is 43.5 Å². The van der Waals surface area contributed by atoms with E-state index in [9.17, 15) is 4.79 Å². The standard InChI is InChI=1S/C24H20Cl3N3O2/c1-32-20-9-4-15(5-10-20)23-13-19(14-28-24(31)16-2-6-17(25)7-3-16)29-30(23)22-11-8-18(26)12-21(22)27/h2-12,23H,13-14H2,1H3,(H,28,31). The summed E-state index contributed by atoms with van der Waals surface area (Å²) < 4.78 is 5.28. The van der Waals surface area contributed by atoms with E-state index in [-0.39, 0.29) is 11.9 Å². The van der Waals surface area contributed by atoms with Crippen LogP contribution in [0.1, 0.15) is 28.4 Å². The number of carbonyl (C=O) groups is 1. The zero-order valence-corrected chi connectivity index (χ0v) is 19.5. The SMILES string of the molecule is COc1ccc(C2CC(CNC(=O)c3ccc(Cl)cc3)=NN2c2ccc(Cl)cc2Cl)cc1. The first-order valence-corrected chi connectivity index (χ1v) is 11.1. The van der Waals surface area contributed by atoms with Crippen molar-refractivity contribution in [1.29, 1.82) is 0 Å². The second-order valence-electron chi connectivity index (χ2n) is 7.29. The number of amides is 1. The van der Waals surface area contributed by atoms with Crippen molar-refractivity contribution in [3.8, 4) is 5.75 Å². The molecule has 0 saturated carbocycles. The molecule has 0 saturated heterocycles. The highest BCUT2D eigenvalue weighted by Gasteiger charge is 2.30. The molecule has 4 rings (SSSR count). The topological polar surface area (TPSA) is 53.9 Å². The molecule has 164 valence electrons. The van der Waals surface area contributed by atoms with Crippen molar-refractivity contribution in [1.82, 2.24) is 5.32 Å². The van der Waals surface area contributed by atoms with Gasteiger partial charge in [-0.25, -0.2) is 0 Å². The van der Waals surface area contributed by atoms with Crippen LogP contribution in [0.2, 0.25) is 15.1 Å². The number of nitrogens with zero attached hydrogens (tertiary/aromatic N) is 2. The molecule has 1 amide bonds. The maximum atomic E-state index is 12.5. The van der Waals surface area contributed by atoms with E-state index in [0.29, 0.717) is 33.6 Å². The first-order chi connectivity index (χ1) is 15.4. The quantitative estimate of drug-likeness (QED) is 0.437. The molecule has 0 radical (unpaired) electrons. The molecule has 5 nitrogen and oxygen atoms in total. The molecule has 1 unspecified atom stereocenters. The number of ether oxygens (including phenoxy) is 1. The lowest BCUT2D eigenvalue weighted by Crippen LogP contribution is -2.29. The van der Waals surface area contributed by atoms with E-state index in [1.165, 1.54) is 0 Å². The summed E-state index contributed by atoms with van der Waals surface area (Å²) >= 11 is 18.5. The van der Waals surface area contributed by atoms with Gasteiger partial charge in [-0.1, -0.05) is 46.9 Å². The predicted octanol–water partition coefficient (Wildman–Crippen LogP) is 6.39.